The van der Waals surface area contributed by atoms with Gasteiger partial charge in [0.25, 0.3) is 5.91 Å². The third-order valence-corrected chi connectivity index (χ3v) is 2.57. The molecule has 0 atom stereocenters. The van der Waals surface area contributed by atoms with Gasteiger partial charge in [0.15, 0.2) is 5.69 Å². The molecule has 2 heterocycles. The summed E-state index contributed by atoms with van der Waals surface area (Å²) < 4.78 is 0. The molecule has 0 aromatic carbocycles. The first-order chi connectivity index (χ1) is 8.58. The number of carbonyl (C=O) groups excluding carboxylic acids is 1. The van der Waals surface area contributed by atoms with Crippen LogP contribution in [0.1, 0.15) is 21.7 Å². The maximum absolute atomic E-state index is 11.2. The van der Waals surface area contributed by atoms with Crippen LogP contribution in [-0.4, -0.2) is 21.1 Å². The quantitative estimate of drug-likeness (QED) is 0.848. The number of aromatic nitrogens is 3. The Bertz CT molecular complexity index is 597. The van der Waals surface area contributed by atoms with Gasteiger partial charge in [-0.2, -0.15) is 5.10 Å². The number of amides is 1. The second kappa shape index (κ2) is 4.79. The maximum Gasteiger partial charge on any atom is 0.271 e. The second-order valence-electron chi connectivity index (χ2n) is 3.88. The number of nitrogens with one attached hydrogen (secondary N) is 1. The highest BCUT2D eigenvalue weighted by Gasteiger charge is 2.10. The third-order valence-electron chi connectivity index (χ3n) is 2.57. The number of nitrogens with two attached hydrogens (primary N) is 1. The van der Waals surface area contributed by atoms with Gasteiger partial charge in [0.1, 0.15) is 5.82 Å². The monoisotopic (exact) mass is 243 g/mol. The molecule has 0 radical (unpaired) electrons. The fraction of sp³-hybridized carbons (Fsp3) is 0.167. The van der Waals surface area contributed by atoms with Gasteiger partial charge in [-0.05, 0) is 31.5 Å². The molecule has 0 fully saturated rings. The summed E-state index contributed by atoms with van der Waals surface area (Å²) in [5.74, 6) is 0.00281. The highest BCUT2D eigenvalue weighted by Crippen LogP contribution is 2.17. The van der Waals surface area contributed by atoms with Crippen LogP contribution in [0.3, 0.4) is 0 Å². The summed E-state index contributed by atoms with van der Waals surface area (Å²) in [6.45, 7) is 3.90. The molecule has 2 aromatic heterocycles. The Kier molecular flexibility index (Phi) is 3.18. The topological polar surface area (TPSA) is 93.8 Å². The van der Waals surface area contributed by atoms with Crippen molar-refractivity contribution in [3.05, 3.63) is 41.3 Å². The summed E-state index contributed by atoms with van der Waals surface area (Å²) in [5, 5.41) is 10.3. The molecule has 6 nitrogen and oxygen atoms in total. The van der Waals surface area contributed by atoms with E-state index >= 15 is 0 Å². The summed E-state index contributed by atoms with van der Waals surface area (Å²) in [7, 11) is 0. The van der Waals surface area contributed by atoms with Crippen molar-refractivity contribution in [2.24, 2.45) is 5.73 Å². The van der Waals surface area contributed by atoms with Gasteiger partial charge in [0.05, 0.1) is 11.9 Å². The zero-order valence-electron chi connectivity index (χ0n) is 10.1. The predicted molar refractivity (Wildman–Crippen MR) is 67.5 cm³/mol. The van der Waals surface area contributed by atoms with Crippen molar-refractivity contribution in [3.63, 3.8) is 0 Å². The lowest BCUT2D eigenvalue weighted by Crippen LogP contribution is -2.16. The van der Waals surface area contributed by atoms with Crippen molar-refractivity contribution in [1.29, 1.82) is 0 Å². The number of carbonyl (C=O) groups is 1. The summed E-state index contributed by atoms with van der Waals surface area (Å²) >= 11 is 0. The van der Waals surface area contributed by atoms with Gasteiger partial charge < -0.3 is 11.1 Å². The summed E-state index contributed by atoms with van der Waals surface area (Å²) in [4.78, 5) is 15.5. The Morgan fingerprint density at radius 3 is 2.72 bits per heavy atom. The molecule has 0 aliphatic heterocycles. The lowest BCUT2D eigenvalue weighted by atomic mass is 10.2. The average Bonchev–Trinajstić information content (AvgIpc) is 2.34. The van der Waals surface area contributed by atoms with E-state index < -0.39 is 5.91 Å². The van der Waals surface area contributed by atoms with E-state index in [2.05, 4.69) is 20.5 Å². The number of primary amides is 1. The van der Waals surface area contributed by atoms with E-state index in [1.807, 2.05) is 26.0 Å². The molecule has 0 aliphatic carbocycles. The van der Waals surface area contributed by atoms with Crippen LogP contribution in [0.25, 0.3) is 0 Å². The molecule has 18 heavy (non-hydrogen) atoms. The lowest BCUT2D eigenvalue weighted by Gasteiger charge is -2.09. The number of hydrogen-bond donors (Lipinski definition) is 2. The van der Waals surface area contributed by atoms with E-state index in [0.717, 1.165) is 11.3 Å². The number of nitrogens with zero attached hydrogens (tertiary/aromatic N) is 3. The molecule has 2 rings (SSSR count). The van der Waals surface area contributed by atoms with Crippen LogP contribution >= 0.6 is 0 Å². The fourth-order valence-electron chi connectivity index (χ4n) is 1.45. The highest BCUT2D eigenvalue weighted by molar-refractivity contribution is 5.96. The summed E-state index contributed by atoms with van der Waals surface area (Å²) in [6.07, 6.45) is 1.48. The first-order valence-electron chi connectivity index (χ1n) is 5.40. The van der Waals surface area contributed by atoms with Crippen LogP contribution in [-0.2, 0) is 0 Å². The van der Waals surface area contributed by atoms with Crippen molar-refractivity contribution < 1.29 is 4.79 Å². The second-order valence-corrected chi connectivity index (χ2v) is 3.88. The van der Waals surface area contributed by atoms with Crippen molar-refractivity contribution in [2.75, 3.05) is 5.32 Å². The fourth-order valence-corrected chi connectivity index (χ4v) is 1.45. The zero-order valence-corrected chi connectivity index (χ0v) is 10.1. The molecule has 0 spiro atoms. The standard InChI is InChI=1S/C12H13N5O/c1-7-3-4-10(15-8(7)2)16-9-5-6-14-17-11(9)12(13)18/h3-6H,1-2H3,(H2,13,18)(H,14,15,16). The Hall–Kier alpha value is -2.50. The van der Waals surface area contributed by atoms with E-state index in [4.69, 9.17) is 5.73 Å². The van der Waals surface area contributed by atoms with Crippen LogP contribution < -0.4 is 11.1 Å². The molecule has 3 N–H and O–H groups in total. The number of pyridine rings is 1. The van der Waals surface area contributed by atoms with Gasteiger partial charge in [-0.1, -0.05) is 6.07 Å². The molecule has 0 unspecified atom stereocenters. The smallest absolute Gasteiger partial charge is 0.271 e. The van der Waals surface area contributed by atoms with Gasteiger partial charge in [-0.15, -0.1) is 5.10 Å². The Balaban J connectivity index is 2.34. The minimum Gasteiger partial charge on any atom is -0.364 e. The predicted octanol–water partition coefficient (Wildman–Crippen LogP) is 1.33. The van der Waals surface area contributed by atoms with Gasteiger partial charge in [-0.3, -0.25) is 4.79 Å². The van der Waals surface area contributed by atoms with Crippen molar-refractivity contribution in [3.8, 4) is 0 Å². The van der Waals surface area contributed by atoms with E-state index in [0.29, 0.717) is 11.5 Å². The molecular formula is C12H13N5O. The minimum atomic E-state index is -0.630. The molecule has 0 bridgehead atoms. The molecule has 6 heteroatoms. The van der Waals surface area contributed by atoms with Crippen LogP contribution in [0, 0.1) is 13.8 Å². The first-order valence-corrected chi connectivity index (χ1v) is 5.40. The van der Waals surface area contributed by atoms with Crippen LogP contribution in [0.2, 0.25) is 0 Å². The number of rotatable bonds is 3. The lowest BCUT2D eigenvalue weighted by molar-refractivity contribution is 0.0995. The number of anilines is 2. The molecular weight excluding hydrogens is 230 g/mol. The molecule has 92 valence electrons. The van der Waals surface area contributed by atoms with Crippen LogP contribution in [0.5, 0.6) is 0 Å². The molecule has 0 aliphatic rings. The highest BCUT2D eigenvalue weighted by atomic mass is 16.1. The Morgan fingerprint density at radius 2 is 2.06 bits per heavy atom. The van der Waals surface area contributed by atoms with Gasteiger partial charge in [0.2, 0.25) is 0 Å². The summed E-state index contributed by atoms with van der Waals surface area (Å²) in [5.41, 5.74) is 7.83. The average molecular weight is 243 g/mol. The molecule has 0 saturated carbocycles. The number of hydrogen-bond acceptors (Lipinski definition) is 5. The molecule has 1 amide bonds. The van der Waals surface area contributed by atoms with E-state index in [9.17, 15) is 4.79 Å². The largest absolute Gasteiger partial charge is 0.364 e. The molecule has 2 aromatic rings. The van der Waals surface area contributed by atoms with Crippen molar-refractivity contribution >= 4 is 17.4 Å². The maximum atomic E-state index is 11.2. The SMILES string of the molecule is Cc1ccc(Nc2ccnnc2C(N)=O)nc1C. The Labute approximate surface area is 104 Å². The number of aryl methyl sites for hydroxylation is 2. The molecule has 0 saturated heterocycles. The first kappa shape index (κ1) is 12.0. The van der Waals surface area contributed by atoms with Gasteiger partial charge >= 0.3 is 0 Å². The van der Waals surface area contributed by atoms with Gasteiger partial charge in [-0.25, -0.2) is 4.98 Å². The van der Waals surface area contributed by atoms with Crippen LogP contribution in [0.4, 0.5) is 11.5 Å². The van der Waals surface area contributed by atoms with Crippen molar-refractivity contribution in [1.82, 2.24) is 15.2 Å². The van der Waals surface area contributed by atoms with E-state index in [1.54, 1.807) is 6.07 Å². The van der Waals surface area contributed by atoms with E-state index in [-0.39, 0.29) is 5.69 Å². The summed E-state index contributed by atoms with van der Waals surface area (Å²) in [6, 6.07) is 5.40. The minimum absolute atomic E-state index is 0.0949. The van der Waals surface area contributed by atoms with Crippen molar-refractivity contribution in [2.45, 2.75) is 13.8 Å². The van der Waals surface area contributed by atoms with Gasteiger partial charge in [0, 0.05) is 5.69 Å². The normalized spacial score (nSPS) is 10.1. The zero-order chi connectivity index (χ0) is 13.1. The van der Waals surface area contributed by atoms with E-state index in [1.165, 1.54) is 6.20 Å². The van der Waals surface area contributed by atoms with Crippen LogP contribution in [0.15, 0.2) is 24.4 Å². The third kappa shape index (κ3) is 2.42. The Morgan fingerprint density at radius 1 is 1.28 bits per heavy atom.